The highest BCUT2D eigenvalue weighted by atomic mass is 16.5. The third kappa shape index (κ3) is 6.62. The molecular formula is C20H24O4. The fourth-order valence-corrected chi connectivity index (χ4v) is 2.33. The van der Waals surface area contributed by atoms with E-state index in [-0.39, 0.29) is 6.61 Å². The topological polar surface area (TPSA) is 55.8 Å². The minimum atomic E-state index is -0.813. The molecule has 0 heterocycles. The van der Waals surface area contributed by atoms with Gasteiger partial charge >= 0.3 is 0 Å². The summed E-state index contributed by atoms with van der Waals surface area (Å²) in [5.41, 5.74) is 2.13. The van der Waals surface area contributed by atoms with Crippen molar-refractivity contribution >= 4 is 6.29 Å². The lowest BCUT2D eigenvalue weighted by molar-refractivity contribution is -0.117. The van der Waals surface area contributed by atoms with E-state index in [1.807, 2.05) is 60.7 Å². The van der Waals surface area contributed by atoms with Crippen LogP contribution in [-0.2, 0) is 27.5 Å². The summed E-state index contributed by atoms with van der Waals surface area (Å²) in [6.45, 7) is 1.49. The van der Waals surface area contributed by atoms with E-state index in [4.69, 9.17) is 9.47 Å². The van der Waals surface area contributed by atoms with Gasteiger partial charge in [0.1, 0.15) is 6.29 Å². The minimum Gasteiger partial charge on any atom is -0.390 e. The van der Waals surface area contributed by atoms with Crippen molar-refractivity contribution in [3.63, 3.8) is 0 Å². The summed E-state index contributed by atoms with van der Waals surface area (Å²) in [4.78, 5) is 11.2. The Morgan fingerprint density at radius 3 is 1.96 bits per heavy atom. The molecule has 0 radical (unpaired) electrons. The normalized spacial score (nSPS) is 13.4. The first kappa shape index (κ1) is 18.3. The lowest BCUT2D eigenvalue weighted by Crippen LogP contribution is -2.28. The molecule has 128 valence electrons. The van der Waals surface area contributed by atoms with Crippen LogP contribution in [0.15, 0.2) is 60.7 Å². The second kappa shape index (κ2) is 10.7. The van der Waals surface area contributed by atoms with Crippen molar-refractivity contribution in [3.05, 3.63) is 71.8 Å². The molecule has 0 saturated heterocycles. The second-order valence-electron chi connectivity index (χ2n) is 5.69. The number of carbonyl (C=O) groups excluding carboxylic acids is 1. The van der Waals surface area contributed by atoms with Crippen LogP contribution in [0.1, 0.15) is 17.5 Å². The van der Waals surface area contributed by atoms with Crippen LogP contribution >= 0.6 is 0 Å². The maximum absolute atomic E-state index is 11.2. The van der Waals surface area contributed by atoms with Crippen molar-refractivity contribution in [2.75, 3.05) is 13.2 Å². The average molecular weight is 328 g/mol. The van der Waals surface area contributed by atoms with E-state index in [0.717, 1.165) is 17.4 Å². The predicted octanol–water partition coefficient (Wildman–Crippen LogP) is 2.99. The Hall–Kier alpha value is -2.01. The Morgan fingerprint density at radius 1 is 0.875 bits per heavy atom. The molecule has 24 heavy (non-hydrogen) atoms. The van der Waals surface area contributed by atoms with Crippen LogP contribution in [0.25, 0.3) is 0 Å². The number of rotatable bonds is 11. The number of aliphatic hydroxyl groups is 1. The lowest BCUT2D eigenvalue weighted by Gasteiger charge is -2.18. The van der Waals surface area contributed by atoms with Crippen molar-refractivity contribution < 1.29 is 19.4 Å². The maximum atomic E-state index is 11.2. The molecule has 0 aromatic heterocycles. The molecule has 0 saturated carbocycles. The zero-order chi connectivity index (χ0) is 17.0. The van der Waals surface area contributed by atoms with Crippen LogP contribution in [0.2, 0.25) is 0 Å². The van der Waals surface area contributed by atoms with Crippen LogP contribution in [0, 0.1) is 5.92 Å². The summed E-state index contributed by atoms with van der Waals surface area (Å²) in [5, 5.41) is 10.1. The van der Waals surface area contributed by atoms with E-state index in [2.05, 4.69) is 0 Å². The Bertz CT molecular complexity index is 571. The summed E-state index contributed by atoms with van der Waals surface area (Å²) < 4.78 is 11.1. The van der Waals surface area contributed by atoms with Crippen LogP contribution in [-0.4, -0.2) is 30.7 Å². The largest absolute Gasteiger partial charge is 0.390 e. The van der Waals surface area contributed by atoms with Gasteiger partial charge in [0, 0.05) is 12.5 Å². The molecule has 0 amide bonds. The van der Waals surface area contributed by atoms with Gasteiger partial charge in [0.05, 0.1) is 25.9 Å². The molecule has 0 bridgehead atoms. The molecule has 1 N–H and O–H groups in total. The molecule has 4 heteroatoms. The maximum Gasteiger partial charge on any atom is 0.125 e. The van der Waals surface area contributed by atoms with Gasteiger partial charge in [-0.1, -0.05) is 60.7 Å². The summed E-state index contributed by atoms with van der Waals surface area (Å²) in [7, 11) is 0. The first-order valence-electron chi connectivity index (χ1n) is 8.16. The number of aliphatic hydroxyl groups excluding tert-OH is 1. The molecule has 2 aromatic rings. The van der Waals surface area contributed by atoms with Gasteiger partial charge in [0.25, 0.3) is 0 Å². The van der Waals surface area contributed by atoms with E-state index in [0.29, 0.717) is 26.2 Å². The standard InChI is InChI=1S/C20H24O4/c21-13-19(11-12-23-14-17-7-3-1-4-8-17)20(22)16-24-15-18-9-5-2-6-10-18/h1-10,13,19-20,22H,11-12,14-16H2/t19-,20-/m1/s1. The van der Waals surface area contributed by atoms with Crippen molar-refractivity contribution in [2.45, 2.75) is 25.7 Å². The van der Waals surface area contributed by atoms with E-state index in [1.165, 1.54) is 0 Å². The molecule has 0 fully saturated rings. The molecule has 0 aliphatic carbocycles. The van der Waals surface area contributed by atoms with E-state index in [9.17, 15) is 9.90 Å². The molecule has 2 rings (SSSR count). The lowest BCUT2D eigenvalue weighted by atomic mass is 10.0. The Morgan fingerprint density at radius 2 is 1.42 bits per heavy atom. The summed E-state index contributed by atoms with van der Waals surface area (Å²) in [6.07, 6.45) is 0.445. The first-order chi connectivity index (χ1) is 11.8. The van der Waals surface area contributed by atoms with Crippen LogP contribution in [0.4, 0.5) is 0 Å². The van der Waals surface area contributed by atoms with E-state index < -0.39 is 12.0 Å². The van der Waals surface area contributed by atoms with Crippen molar-refractivity contribution in [1.29, 1.82) is 0 Å². The van der Waals surface area contributed by atoms with Crippen molar-refractivity contribution in [3.8, 4) is 0 Å². The van der Waals surface area contributed by atoms with Gasteiger partial charge in [0.2, 0.25) is 0 Å². The highest BCUT2D eigenvalue weighted by Crippen LogP contribution is 2.10. The van der Waals surface area contributed by atoms with Gasteiger partial charge in [-0.25, -0.2) is 0 Å². The fourth-order valence-electron chi connectivity index (χ4n) is 2.33. The minimum absolute atomic E-state index is 0.136. The van der Waals surface area contributed by atoms with Gasteiger partial charge in [-0.2, -0.15) is 0 Å². The number of hydrogen-bond donors (Lipinski definition) is 1. The van der Waals surface area contributed by atoms with Gasteiger partial charge < -0.3 is 19.4 Å². The zero-order valence-electron chi connectivity index (χ0n) is 13.7. The quantitative estimate of drug-likeness (QED) is 0.509. The molecule has 0 aliphatic rings. The molecule has 0 spiro atoms. The molecule has 0 unspecified atom stereocenters. The monoisotopic (exact) mass is 328 g/mol. The number of carbonyl (C=O) groups is 1. The second-order valence-corrected chi connectivity index (χ2v) is 5.69. The summed E-state index contributed by atoms with van der Waals surface area (Å²) in [5.74, 6) is -0.475. The molecular weight excluding hydrogens is 304 g/mol. The van der Waals surface area contributed by atoms with Crippen molar-refractivity contribution in [1.82, 2.24) is 0 Å². The van der Waals surface area contributed by atoms with Gasteiger partial charge in [-0.05, 0) is 17.5 Å². The highest BCUT2D eigenvalue weighted by Gasteiger charge is 2.18. The fraction of sp³-hybridized carbons (Fsp3) is 0.350. The van der Waals surface area contributed by atoms with Gasteiger partial charge in [-0.3, -0.25) is 0 Å². The Balaban J connectivity index is 1.63. The molecule has 2 atom stereocenters. The predicted molar refractivity (Wildman–Crippen MR) is 92.4 cm³/mol. The molecule has 0 aliphatic heterocycles. The summed E-state index contributed by atoms with van der Waals surface area (Å²) in [6, 6.07) is 19.6. The van der Waals surface area contributed by atoms with Gasteiger partial charge in [0.15, 0.2) is 0 Å². The van der Waals surface area contributed by atoms with E-state index >= 15 is 0 Å². The van der Waals surface area contributed by atoms with Crippen LogP contribution in [0.3, 0.4) is 0 Å². The number of ether oxygens (including phenoxy) is 2. The highest BCUT2D eigenvalue weighted by molar-refractivity contribution is 5.54. The van der Waals surface area contributed by atoms with E-state index in [1.54, 1.807) is 0 Å². The number of aldehydes is 1. The Kier molecular flexibility index (Phi) is 8.18. The smallest absolute Gasteiger partial charge is 0.125 e. The first-order valence-corrected chi connectivity index (χ1v) is 8.16. The number of hydrogen-bond acceptors (Lipinski definition) is 4. The molecule has 4 nitrogen and oxygen atoms in total. The Labute approximate surface area is 143 Å². The number of benzene rings is 2. The average Bonchev–Trinajstić information content (AvgIpc) is 2.63. The third-order valence-electron chi connectivity index (χ3n) is 3.78. The van der Waals surface area contributed by atoms with Gasteiger partial charge in [-0.15, -0.1) is 0 Å². The molecule has 2 aromatic carbocycles. The van der Waals surface area contributed by atoms with Crippen molar-refractivity contribution in [2.24, 2.45) is 5.92 Å². The van der Waals surface area contributed by atoms with Crippen LogP contribution in [0.5, 0.6) is 0 Å². The summed E-state index contributed by atoms with van der Waals surface area (Å²) >= 11 is 0. The zero-order valence-corrected chi connectivity index (χ0v) is 13.7. The third-order valence-corrected chi connectivity index (χ3v) is 3.78. The SMILES string of the molecule is O=C[C@@H](CCOCc1ccccc1)[C@H](O)COCc1ccccc1. The van der Waals surface area contributed by atoms with Crippen LogP contribution < -0.4 is 0 Å².